The highest BCUT2D eigenvalue weighted by Gasteiger charge is 2.17. The third kappa shape index (κ3) is 3.33. The van der Waals surface area contributed by atoms with Crippen molar-refractivity contribution in [2.24, 2.45) is 0 Å². The molecule has 0 spiro atoms. The van der Waals surface area contributed by atoms with E-state index in [1.165, 1.54) is 4.90 Å². The average Bonchev–Trinajstić information content (AvgIpc) is 2.89. The van der Waals surface area contributed by atoms with Gasteiger partial charge in [-0.3, -0.25) is 5.10 Å². The van der Waals surface area contributed by atoms with Crippen LogP contribution in [0.5, 0.6) is 5.75 Å². The number of rotatable bonds is 4. The van der Waals surface area contributed by atoms with E-state index < -0.39 is 0 Å². The number of morpholine rings is 1. The first kappa shape index (κ1) is 15.5. The zero-order valence-corrected chi connectivity index (χ0v) is 13.8. The number of hydrogen-bond donors (Lipinski definition) is 2. The molecule has 1 aromatic heterocycles. The number of nitrogens with zero attached hydrogens (tertiary/aromatic N) is 2. The maximum atomic E-state index is 6.08. The number of ether oxygens (including phenoxy) is 2. The first-order valence-corrected chi connectivity index (χ1v) is 7.88. The summed E-state index contributed by atoms with van der Waals surface area (Å²) in [6, 6.07) is 5.42. The van der Waals surface area contributed by atoms with E-state index in [9.17, 15) is 0 Å². The fourth-order valence-corrected chi connectivity index (χ4v) is 2.86. The predicted octanol–water partition coefficient (Wildman–Crippen LogP) is 1.14. The van der Waals surface area contributed by atoms with Crippen LogP contribution in [0.3, 0.4) is 0 Å². The first-order valence-electron chi connectivity index (χ1n) is 7.09. The van der Waals surface area contributed by atoms with Gasteiger partial charge in [-0.05, 0) is 30.4 Å². The minimum Gasteiger partial charge on any atom is -0.496 e. The van der Waals surface area contributed by atoms with Crippen molar-refractivity contribution in [3.05, 3.63) is 28.0 Å². The van der Waals surface area contributed by atoms with E-state index in [-0.39, 0.29) is 0 Å². The molecule has 0 bridgehead atoms. The van der Waals surface area contributed by atoms with E-state index in [0.29, 0.717) is 21.4 Å². The summed E-state index contributed by atoms with van der Waals surface area (Å²) in [7, 11) is 1.62. The number of hydrogen-bond acceptors (Lipinski definition) is 4. The predicted molar refractivity (Wildman–Crippen MR) is 85.9 cm³/mol. The molecule has 0 unspecified atom stereocenters. The van der Waals surface area contributed by atoms with Gasteiger partial charge in [0.25, 0.3) is 0 Å². The zero-order valence-electron chi connectivity index (χ0n) is 12.3. The minimum absolute atomic E-state index is 0.524. The molecule has 0 aliphatic carbocycles. The Morgan fingerprint density at radius 1 is 1.45 bits per heavy atom. The summed E-state index contributed by atoms with van der Waals surface area (Å²) in [5, 5.41) is 3.88. The molecule has 2 heterocycles. The highest BCUT2D eigenvalue weighted by Crippen LogP contribution is 2.30. The Balaban J connectivity index is 1.88. The van der Waals surface area contributed by atoms with Crippen molar-refractivity contribution in [1.82, 2.24) is 14.8 Å². The van der Waals surface area contributed by atoms with Gasteiger partial charge in [0.05, 0.1) is 25.9 Å². The van der Waals surface area contributed by atoms with Crippen LogP contribution in [-0.4, -0.2) is 48.2 Å². The standard InChI is InChI=1S/C14H17ClN4O2S/c1-20-12-3-2-10(15)8-11(12)13-16-14(22)19(17-13)9-18-4-6-21-7-5-18/h2-3,8H,4-7,9H2,1H3,(H,16,17,22)/p+1. The number of halogens is 1. The van der Waals surface area contributed by atoms with Crippen LogP contribution in [0, 0.1) is 4.77 Å². The van der Waals surface area contributed by atoms with Gasteiger partial charge in [-0.1, -0.05) is 11.6 Å². The Labute approximate surface area is 138 Å². The molecule has 3 rings (SSSR count). The topological polar surface area (TPSA) is 56.5 Å². The smallest absolute Gasteiger partial charge is 0.221 e. The van der Waals surface area contributed by atoms with Gasteiger partial charge in [0.2, 0.25) is 4.77 Å². The van der Waals surface area contributed by atoms with Crippen LogP contribution in [0.15, 0.2) is 18.2 Å². The van der Waals surface area contributed by atoms with Crippen LogP contribution < -0.4 is 9.64 Å². The zero-order chi connectivity index (χ0) is 15.5. The monoisotopic (exact) mass is 341 g/mol. The molecular formula is C14H18ClN4O2S+. The summed E-state index contributed by atoms with van der Waals surface area (Å²) in [6.45, 7) is 4.25. The molecule has 0 atom stereocenters. The number of nitrogens with one attached hydrogen (secondary N) is 2. The summed E-state index contributed by atoms with van der Waals surface area (Å²) >= 11 is 11.4. The SMILES string of the molecule is COc1ccc(Cl)cc1-c1nc(=S)n(C[NH+]2CCOCC2)[nH]1. The van der Waals surface area contributed by atoms with Gasteiger partial charge in [-0.2, -0.15) is 4.98 Å². The van der Waals surface area contributed by atoms with E-state index in [0.717, 1.165) is 38.5 Å². The number of methoxy groups -OCH3 is 1. The molecule has 2 N–H and O–H groups in total. The molecule has 118 valence electrons. The Morgan fingerprint density at radius 3 is 2.95 bits per heavy atom. The molecule has 1 fully saturated rings. The molecule has 22 heavy (non-hydrogen) atoms. The fraction of sp³-hybridized carbons (Fsp3) is 0.429. The minimum atomic E-state index is 0.524. The van der Waals surface area contributed by atoms with E-state index in [2.05, 4.69) is 10.1 Å². The lowest BCUT2D eigenvalue weighted by Gasteiger charge is -2.23. The lowest BCUT2D eigenvalue weighted by atomic mass is 10.2. The van der Waals surface area contributed by atoms with Crippen molar-refractivity contribution < 1.29 is 14.4 Å². The summed E-state index contributed by atoms with van der Waals surface area (Å²) in [6.07, 6.45) is 0. The average molecular weight is 342 g/mol. The molecule has 0 amide bonds. The van der Waals surface area contributed by atoms with Crippen LogP contribution in [0.25, 0.3) is 11.4 Å². The van der Waals surface area contributed by atoms with Crippen molar-refractivity contribution in [2.45, 2.75) is 6.67 Å². The van der Waals surface area contributed by atoms with Crippen LogP contribution in [0.4, 0.5) is 0 Å². The van der Waals surface area contributed by atoms with Gasteiger partial charge in [0.1, 0.15) is 18.8 Å². The molecule has 0 saturated carbocycles. The van der Waals surface area contributed by atoms with E-state index in [1.807, 2.05) is 16.8 Å². The normalized spacial score (nSPS) is 15.9. The number of benzene rings is 1. The van der Waals surface area contributed by atoms with Gasteiger partial charge in [0.15, 0.2) is 12.5 Å². The largest absolute Gasteiger partial charge is 0.496 e. The van der Waals surface area contributed by atoms with Crippen molar-refractivity contribution in [2.75, 3.05) is 33.4 Å². The van der Waals surface area contributed by atoms with Crippen molar-refractivity contribution in [3.63, 3.8) is 0 Å². The van der Waals surface area contributed by atoms with E-state index >= 15 is 0 Å². The summed E-state index contributed by atoms with van der Waals surface area (Å²) in [5.41, 5.74) is 0.803. The maximum Gasteiger partial charge on any atom is 0.221 e. The quantitative estimate of drug-likeness (QED) is 0.819. The summed E-state index contributed by atoms with van der Waals surface area (Å²) < 4.78 is 13.1. The van der Waals surface area contributed by atoms with Gasteiger partial charge >= 0.3 is 0 Å². The first-order chi connectivity index (χ1) is 10.7. The second-order valence-electron chi connectivity index (χ2n) is 5.15. The third-order valence-electron chi connectivity index (χ3n) is 3.68. The highest BCUT2D eigenvalue weighted by molar-refractivity contribution is 7.71. The lowest BCUT2D eigenvalue weighted by Crippen LogP contribution is -3.13. The molecule has 2 aromatic rings. The third-order valence-corrected chi connectivity index (χ3v) is 4.22. The molecule has 8 heteroatoms. The second kappa shape index (κ2) is 6.78. The number of H-pyrrole nitrogens is 1. The summed E-state index contributed by atoms with van der Waals surface area (Å²) in [5.74, 6) is 1.37. The van der Waals surface area contributed by atoms with Crippen LogP contribution >= 0.6 is 23.8 Å². The highest BCUT2D eigenvalue weighted by atomic mass is 35.5. The fourth-order valence-electron chi connectivity index (χ4n) is 2.49. The number of aromatic nitrogens is 3. The van der Waals surface area contributed by atoms with Gasteiger partial charge < -0.3 is 14.4 Å². The lowest BCUT2D eigenvalue weighted by molar-refractivity contribution is -0.930. The molecule has 1 aliphatic heterocycles. The number of aromatic amines is 1. The van der Waals surface area contributed by atoms with Crippen LogP contribution in [-0.2, 0) is 11.4 Å². The molecule has 1 saturated heterocycles. The Morgan fingerprint density at radius 2 is 2.23 bits per heavy atom. The van der Waals surface area contributed by atoms with Crippen molar-refractivity contribution >= 4 is 23.8 Å². The molecule has 6 nitrogen and oxygen atoms in total. The van der Waals surface area contributed by atoms with Gasteiger partial charge in [-0.25, -0.2) is 4.68 Å². The molecule has 1 aromatic carbocycles. The second-order valence-corrected chi connectivity index (χ2v) is 5.95. The number of quaternary nitrogens is 1. The van der Waals surface area contributed by atoms with Crippen LogP contribution in [0.1, 0.15) is 0 Å². The Hall–Kier alpha value is -1.41. The van der Waals surface area contributed by atoms with Gasteiger partial charge in [0, 0.05) is 5.02 Å². The molecule has 0 radical (unpaired) electrons. The Kier molecular flexibility index (Phi) is 4.77. The van der Waals surface area contributed by atoms with Crippen molar-refractivity contribution in [3.8, 4) is 17.1 Å². The maximum absolute atomic E-state index is 6.08. The van der Waals surface area contributed by atoms with Crippen molar-refractivity contribution in [1.29, 1.82) is 0 Å². The Bertz CT molecular complexity index is 709. The van der Waals surface area contributed by atoms with E-state index in [1.54, 1.807) is 13.2 Å². The van der Waals surface area contributed by atoms with E-state index in [4.69, 9.17) is 33.3 Å². The van der Waals surface area contributed by atoms with Gasteiger partial charge in [-0.15, -0.1) is 0 Å². The summed E-state index contributed by atoms with van der Waals surface area (Å²) in [4.78, 5) is 5.85. The molecular weight excluding hydrogens is 324 g/mol. The van der Waals surface area contributed by atoms with Crippen LogP contribution in [0.2, 0.25) is 5.02 Å². The molecule has 1 aliphatic rings.